The Labute approximate surface area is 423 Å². The smallest absolute Gasteiger partial charge is 0.225 e. The fourth-order valence-corrected chi connectivity index (χ4v) is 12.3. The minimum Gasteiger partial charge on any atom is -0.494 e. The van der Waals surface area contributed by atoms with Gasteiger partial charge in [-0.25, -0.2) is 45.6 Å². The maximum absolute atomic E-state index is 13.7. The molecule has 2 aliphatic rings. The maximum atomic E-state index is 13.7. The molecule has 6 aromatic heterocycles. The number of ether oxygens (including phenoxy) is 4. The van der Waals surface area contributed by atoms with Gasteiger partial charge < -0.3 is 37.6 Å². The number of piperidine rings is 2. The third-order valence-corrected chi connectivity index (χ3v) is 16.5. The van der Waals surface area contributed by atoms with E-state index in [1.165, 1.54) is 41.0 Å². The Bertz CT molecular complexity index is 3130. The third-order valence-electron chi connectivity index (χ3n) is 12.4. The second-order valence-electron chi connectivity index (χ2n) is 17.0. The van der Waals surface area contributed by atoms with E-state index in [1.807, 2.05) is 0 Å². The maximum Gasteiger partial charge on any atom is 0.225 e. The van der Waals surface area contributed by atoms with Crippen LogP contribution < -0.4 is 28.7 Å². The number of hydrogen-bond acceptors (Lipinski definition) is 20. The van der Waals surface area contributed by atoms with Crippen LogP contribution in [0.15, 0.2) is 107 Å². The van der Waals surface area contributed by atoms with E-state index in [-0.39, 0.29) is 36.2 Å². The quantitative estimate of drug-likeness (QED) is 0.106. The minimum atomic E-state index is -3.72. The summed E-state index contributed by atoms with van der Waals surface area (Å²) in [5, 5.41) is 15.6. The summed E-state index contributed by atoms with van der Waals surface area (Å²) >= 11 is 0. The van der Waals surface area contributed by atoms with Crippen LogP contribution in [0.4, 0.5) is 20.7 Å². The zero-order valence-corrected chi connectivity index (χ0v) is 42.1. The largest absolute Gasteiger partial charge is 0.494 e. The summed E-state index contributed by atoms with van der Waals surface area (Å²) in [6, 6.07) is 17.3. The molecule has 2 aromatic carbocycles. The van der Waals surface area contributed by atoms with Crippen molar-refractivity contribution in [2.24, 2.45) is 0 Å². The molecule has 0 amide bonds. The molecule has 0 spiro atoms. The molecule has 388 valence electrons. The lowest BCUT2D eigenvalue weighted by Gasteiger charge is -2.32. The fourth-order valence-electron chi connectivity index (χ4n) is 8.88. The van der Waals surface area contributed by atoms with Crippen molar-refractivity contribution in [3.8, 4) is 57.5 Å². The molecule has 0 aliphatic carbocycles. The van der Waals surface area contributed by atoms with Crippen molar-refractivity contribution in [2.45, 2.75) is 47.7 Å². The lowest BCUT2D eigenvalue weighted by atomic mass is 10.1. The summed E-state index contributed by atoms with van der Waals surface area (Å²) < 4.78 is 118. The summed E-state index contributed by atoms with van der Waals surface area (Å²) in [4.78, 5) is 19.5. The van der Waals surface area contributed by atoms with Gasteiger partial charge in [-0.05, 0) is 74.2 Å². The molecule has 8 aromatic rings. The van der Waals surface area contributed by atoms with Gasteiger partial charge in [0.1, 0.15) is 45.9 Å². The van der Waals surface area contributed by atoms with Gasteiger partial charge in [0.25, 0.3) is 0 Å². The summed E-state index contributed by atoms with van der Waals surface area (Å²) in [5.41, 5.74) is 0.915. The number of rotatable bonds is 16. The first kappa shape index (κ1) is 50.9. The predicted molar refractivity (Wildman–Crippen MR) is 264 cm³/mol. The first-order valence-electron chi connectivity index (χ1n) is 23.1. The number of nitrogens with zero attached hydrogens (tertiary/aromatic N) is 12. The lowest BCUT2D eigenvalue weighted by Crippen LogP contribution is -2.43. The van der Waals surface area contributed by atoms with Crippen molar-refractivity contribution in [2.75, 3.05) is 64.4 Å². The second-order valence-corrected chi connectivity index (χ2v) is 21.5. The first-order chi connectivity index (χ1) is 35.8. The summed E-state index contributed by atoms with van der Waals surface area (Å²) in [5.74, 6) is 2.30. The zero-order valence-electron chi connectivity index (χ0n) is 40.5. The van der Waals surface area contributed by atoms with Gasteiger partial charge in [-0.1, -0.05) is 12.1 Å². The van der Waals surface area contributed by atoms with E-state index in [2.05, 4.69) is 40.3 Å². The SMILES string of the molecule is COc1cccc(OC)c1-n1c(CS(=O)(=O)[C@@H]2CCCN(c3ncc(F)cn3)C2)nnc1-c1ccco1.COc1cccc(OC)c1-n1c(CS(=O)(=O)[C@H]2CCCN(c3ncc(F)cn3)C2)nnc1-c1ccco1. The molecule has 0 saturated carbocycles. The van der Waals surface area contributed by atoms with Crippen molar-refractivity contribution in [1.29, 1.82) is 0 Å². The van der Waals surface area contributed by atoms with Crippen LogP contribution in [0.3, 0.4) is 0 Å². The molecule has 26 heteroatoms. The third kappa shape index (κ3) is 10.7. The Kier molecular flexibility index (Phi) is 15.1. The van der Waals surface area contributed by atoms with Crippen molar-refractivity contribution < 1.29 is 53.4 Å². The molecular formula is C48H50F2N12O10S2. The number of halogens is 2. The highest BCUT2D eigenvalue weighted by Gasteiger charge is 2.37. The van der Waals surface area contributed by atoms with Crippen LogP contribution >= 0.6 is 0 Å². The van der Waals surface area contributed by atoms with Crippen molar-refractivity contribution in [3.63, 3.8) is 0 Å². The van der Waals surface area contributed by atoms with E-state index in [9.17, 15) is 25.6 Å². The lowest BCUT2D eigenvalue weighted by molar-refractivity contribution is 0.390. The van der Waals surface area contributed by atoms with Gasteiger partial charge in [0.05, 0.1) is 76.3 Å². The number of anilines is 2. The highest BCUT2D eigenvalue weighted by atomic mass is 32.2. The van der Waals surface area contributed by atoms with Gasteiger partial charge in [-0.15, -0.1) is 20.4 Å². The number of sulfone groups is 2. The highest BCUT2D eigenvalue weighted by Crippen LogP contribution is 2.39. The van der Waals surface area contributed by atoms with Gasteiger partial charge in [0, 0.05) is 26.2 Å². The molecule has 8 heterocycles. The molecule has 2 atom stereocenters. The number of methoxy groups -OCH3 is 4. The van der Waals surface area contributed by atoms with Crippen molar-refractivity contribution in [3.05, 3.63) is 121 Å². The Morgan fingerprint density at radius 2 is 0.905 bits per heavy atom. The van der Waals surface area contributed by atoms with E-state index in [0.29, 0.717) is 108 Å². The molecule has 0 bridgehead atoms. The Balaban J connectivity index is 0.000000182. The molecule has 10 rings (SSSR count). The second kappa shape index (κ2) is 22.0. The number of hydrogen-bond donors (Lipinski definition) is 0. The van der Waals surface area contributed by atoms with E-state index >= 15 is 0 Å². The number of furan rings is 2. The standard InChI is InChI=1S/2C24H25FN6O5S/c2*1-34-18-7-3-8-19(35-2)22(18)31-21(28-29-23(31)20-9-5-11-36-20)15-37(32,33)17-6-4-10-30(14-17)24-26-12-16(25)13-27-24/h2*3,5,7-9,11-13,17H,4,6,10,14-15H2,1-2H3/t2*17-/m10/s1. The summed E-state index contributed by atoms with van der Waals surface area (Å²) in [7, 11) is -1.38. The van der Waals surface area contributed by atoms with Gasteiger partial charge in [0.2, 0.25) is 23.5 Å². The average Bonchev–Trinajstić information content (AvgIpc) is 4.28. The number of para-hydroxylation sites is 2. The molecule has 22 nitrogen and oxygen atoms in total. The molecule has 74 heavy (non-hydrogen) atoms. The normalized spacial score (nSPS) is 16.1. The van der Waals surface area contributed by atoms with Crippen LogP contribution in [0.1, 0.15) is 37.3 Å². The zero-order chi connectivity index (χ0) is 52.0. The Hall–Kier alpha value is -8.00. The molecular weight excluding hydrogens is 1010 g/mol. The van der Waals surface area contributed by atoms with Crippen LogP contribution in [-0.2, 0) is 31.2 Å². The highest BCUT2D eigenvalue weighted by molar-refractivity contribution is 7.91. The van der Waals surface area contributed by atoms with E-state index in [4.69, 9.17) is 27.8 Å². The monoisotopic (exact) mass is 1060 g/mol. The average molecular weight is 1060 g/mol. The Morgan fingerprint density at radius 1 is 0.541 bits per heavy atom. The first-order valence-corrected chi connectivity index (χ1v) is 26.5. The van der Waals surface area contributed by atoms with Crippen molar-refractivity contribution in [1.82, 2.24) is 49.5 Å². The number of benzene rings is 2. The van der Waals surface area contributed by atoms with Crippen LogP contribution in [-0.4, -0.2) is 131 Å². The predicted octanol–water partition coefficient (Wildman–Crippen LogP) is 6.11. The molecule has 0 N–H and O–H groups in total. The molecule has 2 aliphatic heterocycles. The Morgan fingerprint density at radius 3 is 1.23 bits per heavy atom. The van der Waals surface area contributed by atoms with Gasteiger partial charge in [-0.2, -0.15) is 0 Å². The summed E-state index contributed by atoms with van der Waals surface area (Å²) in [6.07, 6.45) is 9.45. The van der Waals surface area contributed by atoms with Crippen LogP contribution in [0.2, 0.25) is 0 Å². The molecule has 2 saturated heterocycles. The molecule has 0 radical (unpaired) electrons. The minimum absolute atomic E-state index is 0.185. The van der Waals surface area contributed by atoms with Crippen molar-refractivity contribution >= 4 is 31.6 Å². The van der Waals surface area contributed by atoms with E-state index < -0.39 is 41.8 Å². The van der Waals surface area contributed by atoms with Gasteiger partial charge in [0.15, 0.2) is 54.5 Å². The van der Waals surface area contributed by atoms with E-state index in [1.54, 1.807) is 79.6 Å². The van der Waals surface area contributed by atoms with Crippen LogP contribution in [0, 0.1) is 11.6 Å². The fraction of sp³-hybridized carbons (Fsp3) is 0.333. The summed E-state index contributed by atoms with van der Waals surface area (Å²) in [6.45, 7) is 1.53. The molecule has 2 fully saturated rings. The topological polar surface area (TPSA) is 251 Å². The van der Waals surface area contributed by atoms with E-state index in [0.717, 1.165) is 24.8 Å². The van der Waals surface area contributed by atoms with Crippen LogP contribution in [0.5, 0.6) is 23.0 Å². The number of aromatic nitrogens is 10. The van der Waals surface area contributed by atoms with Crippen LogP contribution in [0.25, 0.3) is 34.5 Å². The van der Waals surface area contributed by atoms with Gasteiger partial charge in [-0.3, -0.25) is 9.13 Å². The molecule has 0 unspecified atom stereocenters. The van der Waals surface area contributed by atoms with Gasteiger partial charge >= 0.3 is 0 Å².